The highest BCUT2D eigenvalue weighted by Gasteiger charge is 2.42. The average molecular weight is 897 g/mol. The summed E-state index contributed by atoms with van der Waals surface area (Å²) >= 11 is 23.1. The lowest BCUT2D eigenvalue weighted by molar-refractivity contribution is 0.399. The van der Waals surface area contributed by atoms with E-state index in [1.54, 1.807) is 20.9 Å². The molecule has 5 aliphatic rings. The van der Waals surface area contributed by atoms with Crippen LogP contribution in [0.5, 0.6) is 0 Å². The summed E-state index contributed by atoms with van der Waals surface area (Å²) in [6.45, 7) is 0. The van der Waals surface area contributed by atoms with Crippen molar-refractivity contribution in [1.82, 2.24) is 0 Å². The summed E-state index contributed by atoms with van der Waals surface area (Å²) in [5.74, 6) is 0. The number of unbranched alkanes of at least 4 members (excludes halogenated alkanes) is 6. The van der Waals surface area contributed by atoms with E-state index in [0.717, 1.165) is 0 Å². The number of halogens is 2. The molecule has 47 heavy (non-hydrogen) atoms. The zero-order valence-corrected chi connectivity index (χ0v) is 35.6. The highest BCUT2D eigenvalue weighted by atomic mass is 79.9. The Morgan fingerprint density at radius 1 is 0.468 bits per heavy atom. The fourth-order valence-electron chi connectivity index (χ4n) is 6.84. The zero-order valence-electron chi connectivity index (χ0n) is 25.9. The molecule has 0 spiro atoms. The van der Waals surface area contributed by atoms with Crippen LogP contribution in [0.25, 0.3) is 11.1 Å². The van der Waals surface area contributed by atoms with E-state index in [1.807, 2.05) is 94.1 Å². The Labute approximate surface area is 331 Å². The van der Waals surface area contributed by atoms with Crippen molar-refractivity contribution in [2.75, 3.05) is 0 Å². The van der Waals surface area contributed by atoms with Crippen molar-refractivity contribution >= 4 is 126 Å². The molecule has 0 atom stereocenters. The van der Waals surface area contributed by atoms with E-state index in [2.05, 4.69) is 101 Å². The molecule has 0 fully saturated rings. The van der Waals surface area contributed by atoms with Gasteiger partial charge in [0, 0.05) is 14.4 Å². The second-order valence-electron chi connectivity index (χ2n) is 12.1. The SMILES string of the molecule is Brc1ccc2c(c1)C(CCCCCCC1=CSC(=C3SC=CS3)S1)(CCCCCCC1=CSC(=C3SC=CS3)S1)c1cc(Br)ccc1-2. The van der Waals surface area contributed by atoms with Crippen molar-refractivity contribution in [3.63, 3.8) is 0 Å². The smallest absolute Gasteiger partial charge is 0.0697 e. The van der Waals surface area contributed by atoms with Gasteiger partial charge in [0.15, 0.2) is 0 Å². The summed E-state index contributed by atoms with van der Waals surface area (Å²) in [5, 5.41) is 13.6. The Morgan fingerprint density at radius 3 is 1.34 bits per heavy atom. The number of hydrogen-bond donors (Lipinski definition) is 0. The predicted molar refractivity (Wildman–Crippen MR) is 233 cm³/mol. The predicted octanol–water partition coefficient (Wildman–Crippen LogP) is 17.0. The van der Waals surface area contributed by atoms with Gasteiger partial charge < -0.3 is 0 Å². The molecular formula is C37H36Br2S8. The molecule has 0 saturated carbocycles. The molecule has 0 amide bonds. The molecule has 0 aromatic heterocycles. The van der Waals surface area contributed by atoms with Gasteiger partial charge in [0.1, 0.15) is 0 Å². The molecule has 0 radical (unpaired) electrons. The first kappa shape index (κ1) is 36.0. The summed E-state index contributed by atoms with van der Waals surface area (Å²) < 4.78 is 8.28. The van der Waals surface area contributed by atoms with Crippen molar-refractivity contribution < 1.29 is 0 Å². The molecule has 2 aromatic carbocycles. The molecular weight excluding hydrogens is 861 g/mol. The second-order valence-corrected chi connectivity index (χ2v) is 22.6. The molecule has 0 unspecified atom stereocenters. The van der Waals surface area contributed by atoms with Crippen LogP contribution >= 0.6 is 126 Å². The van der Waals surface area contributed by atoms with E-state index < -0.39 is 0 Å². The lowest BCUT2D eigenvalue weighted by Crippen LogP contribution is -2.25. The first-order valence-corrected chi connectivity index (χ1v) is 24.7. The summed E-state index contributed by atoms with van der Waals surface area (Å²) in [6.07, 6.45) is 15.3. The number of rotatable bonds is 14. The van der Waals surface area contributed by atoms with Gasteiger partial charge in [0.2, 0.25) is 0 Å². The van der Waals surface area contributed by atoms with Gasteiger partial charge in [0.25, 0.3) is 0 Å². The maximum Gasteiger partial charge on any atom is 0.0697 e. The van der Waals surface area contributed by atoms with Gasteiger partial charge in [-0.1, -0.05) is 177 Å². The lowest BCUT2D eigenvalue weighted by atomic mass is 9.70. The van der Waals surface area contributed by atoms with Crippen LogP contribution in [0, 0.1) is 0 Å². The summed E-state index contributed by atoms with van der Waals surface area (Å²) in [7, 11) is 0. The lowest BCUT2D eigenvalue weighted by Gasteiger charge is -2.33. The van der Waals surface area contributed by atoms with Crippen LogP contribution in [0.1, 0.15) is 88.2 Å². The van der Waals surface area contributed by atoms with Crippen LogP contribution < -0.4 is 0 Å². The average Bonchev–Trinajstić information content (AvgIpc) is 3.92. The minimum atomic E-state index is 0.0939. The minimum Gasteiger partial charge on any atom is -0.0884 e. The summed E-state index contributed by atoms with van der Waals surface area (Å²) in [5.41, 5.74) is 6.07. The van der Waals surface area contributed by atoms with Gasteiger partial charge in [-0.15, -0.1) is 0 Å². The maximum atomic E-state index is 3.85. The van der Waals surface area contributed by atoms with Crippen molar-refractivity contribution in [3.8, 4) is 11.1 Å². The van der Waals surface area contributed by atoms with Crippen molar-refractivity contribution in [3.05, 3.63) is 116 Å². The fraction of sp³-hybridized carbons (Fsp3) is 0.351. The van der Waals surface area contributed by atoms with E-state index in [4.69, 9.17) is 0 Å². The van der Waals surface area contributed by atoms with Crippen LogP contribution in [-0.4, -0.2) is 0 Å². The Morgan fingerprint density at radius 2 is 0.894 bits per heavy atom. The molecule has 7 rings (SSSR count). The van der Waals surface area contributed by atoms with Gasteiger partial charge in [-0.2, -0.15) is 0 Å². The highest BCUT2D eigenvalue weighted by Crippen LogP contribution is 2.57. The Hall–Kier alpha value is 0.640. The van der Waals surface area contributed by atoms with E-state index in [1.165, 1.54) is 114 Å². The van der Waals surface area contributed by atoms with Crippen molar-refractivity contribution in [1.29, 1.82) is 0 Å². The van der Waals surface area contributed by atoms with Crippen LogP contribution in [0.2, 0.25) is 0 Å². The molecule has 246 valence electrons. The molecule has 2 aromatic rings. The molecule has 4 heterocycles. The maximum absolute atomic E-state index is 3.85. The van der Waals surface area contributed by atoms with Gasteiger partial charge in [-0.3, -0.25) is 0 Å². The van der Waals surface area contributed by atoms with Crippen LogP contribution in [0.15, 0.2) is 105 Å². The van der Waals surface area contributed by atoms with E-state index in [-0.39, 0.29) is 5.41 Å². The molecule has 0 N–H and O–H groups in total. The minimum absolute atomic E-state index is 0.0939. The largest absolute Gasteiger partial charge is 0.0884 e. The van der Waals surface area contributed by atoms with Gasteiger partial charge >= 0.3 is 0 Å². The number of hydrogen-bond acceptors (Lipinski definition) is 8. The normalized spacial score (nSPS) is 19.3. The Balaban J connectivity index is 0.943. The van der Waals surface area contributed by atoms with Crippen LogP contribution in [0.4, 0.5) is 0 Å². The summed E-state index contributed by atoms with van der Waals surface area (Å²) in [4.78, 5) is 3.11. The molecule has 10 heteroatoms. The molecule has 1 aliphatic carbocycles. The Bertz CT molecular complexity index is 1540. The molecule has 0 bridgehead atoms. The number of benzene rings is 2. The third-order valence-electron chi connectivity index (χ3n) is 9.03. The second kappa shape index (κ2) is 17.4. The number of allylic oxidation sites excluding steroid dienone is 2. The van der Waals surface area contributed by atoms with E-state index >= 15 is 0 Å². The van der Waals surface area contributed by atoms with Gasteiger partial charge in [-0.05, 0) is 127 Å². The third-order valence-corrected chi connectivity index (χ3v) is 20.3. The molecule has 4 aliphatic heterocycles. The van der Waals surface area contributed by atoms with Gasteiger partial charge in [-0.25, -0.2) is 0 Å². The first-order chi connectivity index (χ1) is 23.1. The van der Waals surface area contributed by atoms with E-state index in [9.17, 15) is 0 Å². The van der Waals surface area contributed by atoms with Crippen molar-refractivity contribution in [2.45, 2.75) is 82.5 Å². The quantitative estimate of drug-likeness (QED) is 0.170. The van der Waals surface area contributed by atoms with Crippen molar-refractivity contribution in [2.24, 2.45) is 0 Å². The van der Waals surface area contributed by atoms with E-state index in [0.29, 0.717) is 0 Å². The topological polar surface area (TPSA) is 0 Å². The zero-order chi connectivity index (χ0) is 32.1. The van der Waals surface area contributed by atoms with Crippen LogP contribution in [-0.2, 0) is 5.41 Å². The number of thioether (sulfide) groups is 8. The van der Waals surface area contributed by atoms with Gasteiger partial charge in [0.05, 0.1) is 16.9 Å². The standard InChI is InChI=1S/C37H36Br2S8/c38-25-11-13-29-30-14-12-26(39)22-32(30)37(31(29)21-25,15-7-3-1-5-9-27-23-44-35(46-27)33-40-17-18-41-33)16-8-4-2-6-10-28-24-45-36(47-28)34-42-19-20-43-34/h11-14,17-24H,1-10,15-16H2. The number of fused-ring (bicyclic) bond motifs is 3. The monoisotopic (exact) mass is 894 g/mol. The summed E-state index contributed by atoms with van der Waals surface area (Å²) in [6, 6.07) is 14.1. The molecule has 0 nitrogen and oxygen atoms in total. The van der Waals surface area contributed by atoms with Crippen LogP contribution in [0.3, 0.4) is 0 Å². The highest BCUT2D eigenvalue weighted by molar-refractivity contribution is 9.10. The fourth-order valence-corrected chi connectivity index (χ4v) is 16.7. The first-order valence-electron chi connectivity index (χ1n) is 16.2. The molecule has 0 saturated heterocycles. The Kier molecular flexibility index (Phi) is 13.4. The third kappa shape index (κ3) is 8.82.